The zero-order valence-electron chi connectivity index (χ0n) is 11.8. The number of hydrogen-bond acceptors (Lipinski definition) is 3. The summed E-state index contributed by atoms with van der Waals surface area (Å²) < 4.78 is 13.1. The van der Waals surface area contributed by atoms with Crippen molar-refractivity contribution in [2.24, 2.45) is 5.92 Å². The van der Waals surface area contributed by atoms with Crippen LogP contribution in [-0.2, 0) is 4.79 Å². The van der Waals surface area contributed by atoms with Gasteiger partial charge in [-0.15, -0.1) is 12.6 Å². The van der Waals surface area contributed by atoms with Gasteiger partial charge in [0.1, 0.15) is 5.82 Å². The molecule has 1 aromatic rings. The first-order valence-corrected chi connectivity index (χ1v) is 6.76. The van der Waals surface area contributed by atoms with Gasteiger partial charge >= 0.3 is 0 Å². The standard InChI is InChI=1S/C14H19FN2O2S/c1-9(2)7-16-13(18)8-17(3)14(19)10-4-5-11(15)12(20)6-10/h4-6,9,20H,7-8H2,1-3H3,(H,16,18). The van der Waals surface area contributed by atoms with Crippen LogP contribution in [0.15, 0.2) is 23.1 Å². The van der Waals surface area contributed by atoms with Gasteiger partial charge in [0.15, 0.2) is 0 Å². The first-order valence-electron chi connectivity index (χ1n) is 6.32. The van der Waals surface area contributed by atoms with Gasteiger partial charge in [-0.1, -0.05) is 13.8 Å². The number of carbonyl (C=O) groups excluding carboxylic acids is 2. The third-order valence-corrected chi connectivity index (χ3v) is 2.97. The van der Waals surface area contributed by atoms with Gasteiger partial charge in [0.2, 0.25) is 5.91 Å². The molecule has 0 bridgehead atoms. The second-order valence-corrected chi connectivity index (χ2v) is 5.51. The average molecular weight is 298 g/mol. The Labute approximate surface area is 123 Å². The zero-order valence-corrected chi connectivity index (χ0v) is 12.7. The van der Waals surface area contributed by atoms with Crippen molar-refractivity contribution < 1.29 is 14.0 Å². The van der Waals surface area contributed by atoms with Gasteiger partial charge in [-0.25, -0.2) is 4.39 Å². The molecule has 0 saturated heterocycles. The molecule has 0 aliphatic carbocycles. The van der Waals surface area contributed by atoms with Crippen molar-refractivity contribution in [2.75, 3.05) is 20.1 Å². The van der Waals surface area contributed by atoms with E-state index in [2.05, 4.69) is 17.9 Å². The Morgan fingerprint density at radius 3 is 2.60 bits per heavy atom. The van der Waals surface area contributed by atoms with Crippen LogP contribution in [0.4, 0.5) is 4.39 Å². The van der Waals surface area contributed by atoms with E-state index in [1.807, 2.05) is 13.8 Å². The van der Waals surface area contributed by atoms with Gasteiger partial charge in [-0.05, 0) is 24.1 Å². The summed E-state index contributed by atoms with van der Waals surface area (Å²) in [5, 5.41) is 2.73. The molecule has 6 heteroatoms. The molecular weight excluding hydrogens is 279 g/mol. The second kappa shape index (κ2) is 7.28. The number of nitrogens with zero attached hydrogens (tertiary/aromatic N) is 1. The van der Waals surface area contributed by atoms with Crippen molar-refractivity contribution in [3.8, 4) is 0 Å². The van der Waals surface area contributed by atoms with E-state index >= 15 is 0 Å². The summed E-state index contributed by atoms with van der Waals surface area (Å²) in [6.07, 6.45) is 0. The lowest BCUT2D eigenvalue weighted by Gasteiger charge is -2.17. The fraction of sp³-hybridized carbons (Fsp3) is 0.429. The topological polar surface area (TPSA) is 49.4 Å². The monoisotopic (exact) mass is 298 g/mol. The lowest BCUT2D eigenvalue weighted by atomic mass is 10.2. The molecular formula is C14H19FN2O2S. The van der Waals surface area contributed by atoms with Gasteiger partial charge in [0.05, 0.1) is 6.54 Å². The van der Waals surface area contributed by atoms with E-state index in [-0.39, 0.29) is 23.3 Å². The van der Waals surface area contributed by atoms with Gasteiger partial charge in [0, 0.05) is 24.1 Å². The first-order chi connectivity index (χ1) is 9.31. The van der Waals surface area contributed by atoms with Gasteiger partial charge in [0.25, 0.3) is 5.91 Å². The van der Waals surface area contributed by atoms with E-state index in [9.17, 15) is 14.0 Å². The smallest absolute Gasteiger partial charge is 0.254 e. The number of nitrogens with one attached hydrogen (secondary N) is 1. The van der Waals surface area contributed by atoms with Crippen LogP contribution in [0.2, 0.25) is 0 Å². The molecule has 20 heavy (non-hydrogen) atoms. The predicted molar refractivity (Wildman–Crippen MR) is 78.5 cm³/mol. The minimum Gasteiger partial charge on any atom is -0.354 e. The molecule has 0 radical (unpaired) electrons. The highest BCUT2D eigenvalue weighted by atomic mass is 32.1. The number of halogens is 1. The lowest BCUT2D eigenvalue weighted by Crippen LogP contribution is -2.39. The molecule has 0 atom stereocenters. The summed E-state index contributed by atoms with van der Waals surface area (Å²) in [6.45, 7) is 4.51. The molecule has 1 aromatic carbocycles. The van der Waals surface area contributed by atoms with E-state index in [4.69, 9.17) is 0 Å². The van der Waals surface area contributed by atoms with Crippen molar-refractivity contribution in [1.29, 1.82) is 0 Å². The second-order valence-electron chi connectivity index (χ2n) is 5.03. The number of carbonyl (C=O) groups is 2. The summed E-state index contributed by atoms with van der Waals surface area (Å²) in [5.74, 6) is -0.700. The maximum Gasteiger partial charge on any atom is 0.254 e. The maximum atomic E-state index is 13.1. The highest BCUT2D eigenvalue weighted by Gasteiger charge is 2.16. The number of thiol groups is 1. The molecule has 0 saturated carbocycles. The highest BCUT2D eigenvalue weighted by molar-refractivity contribution is 7.80. The summed E-state index contributed by atoms with van der Waals surface area (Å²) in [6, 6.07) is 3.91. The summed E-state index contributed by atoms with van der Waals surface area (Å²) in [7, 11) is 1.53. The van der Waals surface area contributed by atoms with Gasteiger partial charge in [-0.3, -0.25) is 9.59 Å². The third kappa shape index (κ3) is 4.85. The van der Waals surface area contributed by atoms with Crippen molar-refractivity contribution in [3.05, 3.63) is 29.6 Å². The number of amides is 2. The molecule has 0 heterocycles. The number of rotatable bonds is 5. The minimum absolute atomic E-state index is 0.0369. The fourth-order valence-electron chi connectivity index (χ4n) is 1.53. The lowest BCUT2D eigenvalue weighted by molar-refractivity contribution is -0.121. The van der Waals surface area contributed by atoms with E-state index in [0.717, 1.165) is 0 Å². The van der Waals surface area contributed by atoms with Gasteiger partial charge in [-0.2, -0.15) is 0 Å². The normalized spacial score (nSPS) is 10.5. The van der Waals surface area contributed by atoms with Crippen LogP contribution >= 0.6 is 12.6 Å². The van der Waals surface area contributed by atoms with Crippen LogP contribution in [0.25, 0.3) is 0 Å². The molecule has 0 aliphatic rings. The third-order valence-electron chi connectivity index (χ3n) is 2.63. The van der Waals surface area contributed by atoms with Crippen LogP contribution in [0, 0.1) is 11.7 Å². The molecule has 1 rings (SSSR count). The average Bonchev–Trinajstić information content (AvgIpc) is 2.38. The largest absolute Gasteiger partial charge is 0.354 e. The maximum absolute atomic E-state index is 13.1. The highest BCUT2D eigenvalue weighted by Crippen LogP contribution is 2.15. The number of likely N-dealkylation sites (N-methyl/N-ethyl adjacent to an activating group) is 1. The molecule has 0 aromatic heterocycles. The minimum atomic E-state index is -0.484. The zero-order chi connectivity index (χ0) is 15.3. The van der Waals surface area contributed by atoms with Crippen molar-refractivity contribution in [2.45, 2.75) is 18.7 Å². The molecule has 0 spiro atoms. The first kappa shape index (κ1) is 16.5. The molecule has 4 nitrogen and oxygen atoms in total. The van der Waals surface area contributed by atoms with Crippen LogP contribution < -0.4 is 5.32 Å². The predicted octanol–water partition coefficient (Wildman–Crippen LogP) is 1.96. The Morgan fingerprint density at radius 2 is 2.05 bits per heavy atom. The van der Waals surface area contributed by atoms with Crippen LogP contribution in [0.1, 0.15) is 24.2 Å². The summed E-state index contributed by atoms with van der Waals surface area (Å²) >= 11 is 3.93. The van der Waals surface area contributed by atoms with E-state index in [1.54, 1.807) is 0 Å². The summed E-state index contributed by atoms with van der Waals surface area (Å²) in [4.78, 5) is 25.1. The van der Waals surface area contributed by atoms with Crippen LogP contribution in [-0.4, -0.2) is 36.9 Å². The van der Waals surface area contributed by atoms with Crippen molar-refractivity contribution in [3.63, 3.8) is 0 Å². The Balaban J connectivity index is 2.62. The van der Waals surface area contributed by atoms with Crippen LogP contribution in [0.3, 0.4) is 0 Å². The molecule has 1 N–H and O–H groups in total. The number of benzene rings is 1. The van der Waals surface area contributed by atoms with E-state index in [1.165, 1.54) is 30.1 Å². The van der Waals surface area contributed by atoms with Crippen LogP contribution in [0.5, 0.6) is 0 Å². The van der Waals surface area contributed by atoms with E-state index in [0.29, 0.717) is 18.0 Å². The molecule has 0 fully saturated rings. The Morgan fingerprint density at radius 1 is 1.40 bits per heavy atom. The Bertz CT molecular complexity index is 506. The van der Waals surface area contributed by atoms with Crippen molar-refractivity contribution >= 4 is 24.4 Å². The Hall–Kier alpha value is -1.56. The van der Waals surface area contributed by atoms with Gasteiger partial charge < -0.3 is 10.2 Å². The molecule has 110 valence electrons. The van der Waals surface area contributed by atoms with E-state index < -0.39 is 5.82 Å². The number of hydrogen-bond donors (Lipinski definition) is 2. The fourth-order valence-corrected chi connectivity index (χ4v) is 1.74. The Kier molecular flexibility index (Phi) is 6.01. The molecule has 2 amide bonds. The van der Waals surface area contributed by atoms with Crippen molar-refractivity contribution in [1.82, 2.24) is 10.2 Å². The quantitative estimate of drug-likeness (QED) is 0.817. The summed E-state index contributed by atoms with van der Waals surface area (Å²) in [5.41, 5.74) is 0.301. The molecule has 0 unspecified atom stereocenters. The SMILES string of the molecule is CC(C)CNC(=O)CN(C)C(=O)c1ccc(F)c(S)c1. The molecule has 0 aliphatic heterocycles.